The maximum Gasteiger partial charge on any atom is 0.253 e. The highest BCUT2D eigenvalue weighted by Crippen LogP contribution is 2.18. The summed E-state index contributed by atoms with van der Waals surface area (Å²) in [5.41, 5.74) is 0.544. The molecular weight excluding hydrogens is 404 g/mol. The maximum atomic E-state index is 12.9. The van der Waals surface area contributed by atoms with Crippen molar-refractivity contribution in [3.8, 4) is 0 Å². The fourth-order valence-corrected chi connectivity index (χ4v) is 3.84. The number of hydrogen-bond acceptors (Lipinski definition) is 4. The van der Waals surface area contributed by atoms with Gasteiger partial charge in [0.1, 0.15) is 6.04 Å². The second-order valence-electron chi connectivity index (χ2n) is 6.05. The molecule has 0 aromatic heterocycles. The van der Waals surface area contributed by atoms with Crippen LogP contribution in [-0.4, -0.2) is 61.1 Å². The van der Waals surface area contributed by atoms with Gasteiger partial charge in [0, 0.05) is 24.7 Å². The number of piperidine rings is 1. The third kappa shape index (κ3) is 5.72. The predicted octanol–water partition coefficient (Wildman–Crippen LogP) is 2.94. The number of benzene rings is 1. The van der Waals surface area contributed by atoms with E-state index in [0.29, 0.717) is 25.1 Å². The molecule has 1 atom stereocenters. The smallest absolute Gasteiger partial charge is 0.253 e. The average Bonchev–Trinajstić information content (AvgIpc) is 2.64. The van der Waals surface area contributed by atoms with Gasteiger partial charge in [0.25, 0.3) is 5.91 Å². The van der Waals surface area contributed by atoms with Gasteiger partial charge in [-0.25, -0.2) is 0 Å². The van der Waals surface area contributed by atoms with Gasteiger partial charge in [0.15, 0.2) is 0 Å². The summed E-state index contributed by atoms with van der Waals surface area (Å²) in [5, 5.41) is 2.93. The van der Waals surface area contributed by atoms with Gasteiger partial charge in [0.05, 0.1) is 11.7 Å². The fourth-order valence-electron chi connectivity index (χ4n) is 2.91. The summed E-state index contributed by atoms with van der Waals surface area (Å²) < 4.78 is 6.09. The minimum atomic E-state index is -0.494. The monoisotopic (exact) mass is 428 g/mol. The van der Waals surface area contributed by atoms with E-state index in [9.17, 15) is 9.59 Å². The van der Waals surface area contributed by atoms with Crippen molar-refractivity contribution in [1.29, 1.82) is 0 Å². The molecule has 0 radical (unpaired) electrons. The Hall–Kier alpha value is -1.05. The van der Waals surface area contributed by atoms with Gasteiger partial charge < -0.3 is 15.0 Å². The van der Waals surface area contributed by atoms with Crippen molar-refractivity contribution >= 4 is 39.5 Å². The van der Waals surface area contributed by atoms with Crippen LogP contribution in [0.1, 0.15) is 29.6 Å². The summed E-state index contributed by atoms with van der Waals surface area (Å²) in [4.78, 5) is 27.3. The van der Waals surface area contributed by atoms with E-state index in [-0.39, 0.29) is 17.9 Å². The largest absolute Gasteiger partial charge is 0.381 e. The molecule has 1 heterocycles. The Morgan fingerprint density at radius 2 is 2.04 bits per heavy atom. The molecule has 2 amide bonds. The lowest BCUT2D eigenvalue weighted by molar-refractivity contribution is -0.135. The molecule has 1 aliphatic heterocycles. The molecule has 0 aliphatic carbocycles. The SMILES string of the molecule is COC1CCN(C(=O)C(CCSC)NC(=O)c2ccccc2Br)CC1. The second kappa shape index (κ2) is 10.2. The summed E-state index contributed by atoms with van der Waals surface area (Å²) >= 11 is 5.07. The zero-order valence-corrected chi connectivity index (χ0v) is 17.1. The van der Waals surface area contributed by atoms with Crippen LogP contribution in [0, 0.1) is 0 Å². The first-order chi connectivity index (χ1) is 12.1. The van der Waals surface area contributed by atoms with Crippen molar-refractivity contribution in [2.24, 2.45) is 0 Å². The molecule has 1 aliphatic rings. The Kier molecular flexibility index (Phi) is 8.26. The highest BCUT2D eigenvalue weighted by Gasteiger charge is 2.29. The van der Waals surface area contributed by atoms with Gasteiger partial charge in [-0.1, -0.05) is 12.1 Å². The molecule has 1 aromatic rings. The minimum Gasteiger partial charge on any atom is -0.381 e. The van der Waals surface area contributed by atoms with Crippen molar-refractivity contribution in [3.05, 3.63) is 34.3 Å². The third-order valence-corrected chi connectivity index (χ3v) is 5.75. The second-order valence-corrected chi connectivity index (χ2v) is 7.89. The van der Waals surface area contributed by atoms with Gasteiger partial charge in [-0.3, -0.25) is 9.59 Å². The van der Waals surface area contributed by atoms with E-state index in [1.807, 2.05) is 29.4 Å². The molecule has 0 bridgehead atoms. The average molecular weight is 429 g/mol. The van der Waals surface area contributed by atoms with Crippen LogP contribution in [0.25, 0.3) is 0 Å². The first-order valence-corrected chi connectivity index (χ1v) is 10.6. The summed E-state index contributed by atoms with van der Waals surface area (Å²) in [5.74, 6) is 0.601. The number of likely N-dealkylation sites (tertiary alicyclic amines) is 1. The predicted molar refractivity (Wildman–Crippen MR) is 105 cm³/mol. The van der Waals surface area contributed by atoms with E-state index < -0.39 is 6.04 Å². The van der Waals surface area contributed by atoms with Gasteiger partial charge in [-0.15, -0.1) is 0 Å². The van der Waals surface area contributed by atoms with Crippen molar-refractivity contribution in [2.45, 2.75) is 31.4 Å². The molecule has 1 fully saturated rings. The quantitative estimate of drug-likeness (QED) is 0.724. The number of thioether (sulfide) groups is 1. The molecule has 1 unspecified atom stereocenters. The molecule has 0 spiro atoms. The van der Waals surface area contributed by atoms with Gasteiger partial charge in [-0.05, 0) is 59.3 Å². The van der Waals surface area contributed by atoms with E-state index in [0.717, 1.165) is 23.1 Å². The topological polar surface area (TPSA) is 58.6 Å². The van der Waals surface area contributed by atoms with Gasteiger partial charge in [0.2, 0.25) is 5.91 Å². The van der Waals surface area contributed by atoms with Crippen LogP contribution in [0.4, 0.5) is 0 Å². The van der Waals surface area contributed by atoms with Crippen LogP contribution >= 0.6 is 27.7 Å². The molecule has 25 heavy (non-hydrogen) atoms. The Labute approximate surface area is 162 Å². The van der Waals surface area contributed by atoms with Gasteiger partial charge in [-0.2, -0.15) is 11.8 Å². The molecule has 0 saturated carbocycles. The Bertz CT molecular complexity index is 591. The summed E-state index contributed by atoms with van der Waals surface area (Å²) in [7, 11) is 1.71. The number of nitrogens with zero attached hydrogens (tertiary/aromatic N) is 1. The van der Waals surface area contributed by atoms with Crippen LogP contribution in [0.3, 0.4) is 0 Å². The number of amides is 2. The lowest BCUT2D eigenvalue weighted by atomic mass is 10.1. The van der Waals surface area contributed by atoms with Crippen LogP contribution in [0.2, 0.25) is 0 Å². The standard InChI is InChI=1S/C18H25BrN2O3S/c1-24-13-7-10-21(11-8-13)18(23)16(9-12-25-2)20-17(22)14-5-3-4-6-15(14)19/h3-6,13,16H,7-12H2,1-2H3,(H,20,22). The number of halogens is 1. The number of rotatable bonds is 7. The van der Waals surface area contributed by atoms with Crippen LogP contribution in [-0.2, 0) is 9.53 Å². The first-order valence-electron chi connectivity index (χ1n) is 8.42. The lowest BCUT2D eigenvalue weighted by Crippen LogP contribution is -2.51. The fraction of sp³-hybridized carbons (Fsp3) is 0.556. The molecule has 1 aromatic carbocycles. The van der Waals surface area contributed by atoms with Crippen molar-refractivity contribution in [1.82, 2.24) is 10.2 Å². The van der Waals surface area contributed by atoms with E-state index in [1.54, 1.807) is 24.9 Å². The number of ether oxygens (including phenoxy) is 1. The molecule has 7 heteroatoms. The number of carbonyl (C=O) groups is 2. The highest BCUT2D eigenvalue weighted by molar-refractivity contribution is 9.10. The van der Waals surface area contributed by atoms with Crippen LogP contribution in [0.5, 0.6) is 0 Å². The normalized spacial score (nSPS) is 16.5. The van der Waals surface area contributed by atoms with Crippen molar-refractivity contribution < 1.29 is 14.3 Å². The van der Waals surface area contributed by atoms with E-state index in [2.05, 4.69) is 21.2 Å². The Morgan fingerprint density at radius 1 is 1.36 bits per heavy atom. The molecule has 138 valence electrons. The molecule has 5 nitrogen and oxygen atoms in total. The van der Waals surface area contributed by atoms with Crippen LogP contribution in [0.15, 0.2) is 28.7 Å². The van der Waals surface area contributed by atoms with Crippen molar-refractivity contribution in [3.63, 3.8) is 0 Å². The third-order valence-electron chi connectivity index (χ3n) is 4.42. The zero-order chi connectivity index (χ0) is 18.2. The molecular formula is C18H25BrN2O3S. The first kappa shape index (κ1) is 20.3. The minimum absolute atomic E-state index is 0.00371. The number of carbonyl (C=O) groups excluding carboxylic acids is 2. The van der Waals surface area contributed by atoms with Gasteiger partial charge >= 0.3 is 0 Å². The molecule has 1 saturated heterocycles. The lowest BCUT2D eigenvalue weighted by Gasteiger charge is -2.34. The molecule has 2 rings (SSSR count). The van der Waals surface area contributed by atoms with E-state index in [4.69, 9.17) is 4.74 Å². The highest BCUT2D eigenvalue weighted by atomic mass is 79.9. The van der Waals surface area contributed by atoms with E-state index in [1.165, 1.54) is 0 Å². The zero-order valence-electron chi connectivity index (χ0n) is 14.7. The Balaban J connectivity index is 2.04. The number of methoxy groups -OCH3 is 1. The summed E-state index contributed by atoms with van der Waals surface area (Å²) in [6.07, 6.45) is 4.54. The number of nitrogens with one attached hydrogen (secondary N) is 1. The maximum absolute atomic E-state index is 12.9. The Morgan fingerprint density at radius 3 is 2.64 bits per heavy atom. The van der Waals surface area contributed by atoms with Crippen molar-refractivity contribution in [2.75, 3.05) is 32.2 Å². The number of hydrogen-bond donors (Lipinski definition) is 1. The van der Waals surface area contributed by atoms with Crippen LogP contribution < -0.4 is 5.32 Å². The summed E-state index contributed by atoms with van der Waals surface area (Å²) in [6.45, 7) is 1.36. The van der Waals surface area contributed by atoms with E-state index >= 15 is 0 Å². The summed E-state index contributed by atoms with van der Waals surface area (Å²) in [6, 6.07) is 6.75. The molecule has 1 N–H and O–H groups in total.